The molecule has 0 bridgehead atoms. The zero-order valence-corrected chi connectivity index (χ0v) is 20.3. The SMILES string of the molecule is CC(N)C(=O)NC(Cc1cnc[nH]1)C(=O)NC(CCCCN)C(=O)NC(Cc1ccccc1)C(=O)O. The van der Waals surface area contributed by atoms with Crippen LogP contribution in [0.5, 0.6) is 0 Å². The minimum Gasteiger partial charge on any atom is -0.480 e. The number of carboxylic acid groups (broad SMARTS) is 1. The maximum absolute atomic E-state index is 13.2. The molecule has 2 aromatic rings. The number of benzene rings is 1. The summed E-state index contributed by atoms with van der Waals surface area (Å²) in [6, 6.07) is 4.81. The summed E-state index contributed by atoms with van der Waals surface area (Å²) in [5.41, 5.74) is 12.5. The fourth-order valence-electron chi connectivity index (χ4n) is 3.48. The van der Waals surface area contributed by atoms with Gasteiger partial charge in [-0.1, -0.05) is 30.3 Å². The zero-order chi connectivity index (χ0) is 26.5. The molecule has 4 atom stereocenters. The Morgan fingerprint density at radius 3 is 2.17 bits per heavy atom. The van der Waals surface area contributed by atoms with Crippen LogP contribution in [0.3, 0.4) is 0 Å². The van der Waals surface area contributed by atoms with Crippen molar-refractivity contribution in [2.24, 2.45) is 11.5 Å². The van der Waals surface area contributed by atoms with Gasteiger partial charge in [-0.2, -0.15) is 0 Å². The summed E-state index contributed by atoms with van der Waals surface area (Å²) in [7, 11) is 0. The fraction of sp³-hybridized carbons (Fsp3) is 0.458. The molecule has 3 amide bonds. The Labute approximate surface area is 209 Å². The van der Waals surface area contributed by atoms with E-state index < -0.39 is 47.9 Å². The van der Waals surface area contributed by atoms with E-state index in [0.29, 0.717) is 25.1 Å². The van der Waals surface area contributed by atoms with Crippen LogP contribution >= 0.6 is 0 Å². The van der Waals surface area contributed by atoms with Crippen molar-refractivity contribution < 1.29 is 24.3 Å². The van der Waals surface area contributed by atoms with Crippen LogP contribution in [0.1, 0.15) is 37.4 Å². The fourth-order valence-corrected chi connectivity index (χ4v) is 3.48. The number of hydrogen-bond donors (Lipinski definition) is 7. The molecule has 196 valence electrons. The number of nitrogens with zero attached hydrogens (tertiary/aromatic N) is 1. The number of imidazole rings is 1. The van der Waals surface area contributed by atoms with Crippen molar-refractivity contribution in [3.05, 3.63) is 54.1 Å². The molecule has 12 nitrogen and oxygen atoms in total. The summed E-state index contributed by atoms with van der Waals surface area (Å²) in [5.74, 6) is -2.97. The second kappa shape index (κ2) is 14.6. The number of nitrogens with one attached hydrogen (secondary N) is 4. The Bertz CT molecular complexity index is 982. The van der Waals surface area contributed by atoms with E-state index in [4.69, 9.17) is 11.5 Å². The van der Waals surface area contributed by atoms with Gasteiger partial charge in [0.1, 0.15) is 18.1 Å². The van der Waals surface area contributed by atoms with Gasteiger partial charge in [-0.3, -0.25) is 14.4 Å². The van der Waals surface area contributed by atoms with Crippen molar-refractivity contribution >= 4 is 23.7 Å². The molecule has 4 unspecified atom stereocenters. The van der Waals surface area contributed by atoms with Gasteiger partial charge in [-0.25, -0.2) is 9.78 Å². The van der Waals surface area contributed by atoms with Gasteiger partial charge in [0.2, 0.25) is 17.7 Å². The topological polar surface area (TPSA) is 205 Å². The van der Waals surface area contributed by atoms with E-state index >= 15 is 0 Å². The summed E-state index contributed by atoms with van der Waals surface area (Å²) in [5, 5.41) is 17.4. The van der Waals surface area contributed by atoms with Crippen LogP contribution in [0.4, 0.5) is 0 Å². The molecular formula is C24H35N7O5. The van der Waals surface area contributed by atoms with Gasteiger partial charge in [0.05, 0.1) is 12.4 Å². The van der Waals surface area contributed by atoms with Crippen molar-refractivity contribution in [2.75, 3.05) is 6.54 Å². The Morgan fingerprint density at radius 2 is 1.58 bits per heavy atom. The van der Waals surface area contributed by atoms with Gasteiger partial charge < -0.3 is 37.5 Å². The number of nitrogens with two attached hydrogens (primary N) is 2. The van der Waals surface area contributed by atoms with E-state index in [1.807, 2.05) is 6.07 Å². The molecule has 36 heavy (non-hydrogen) atoms. The van der Waals surface area contributed by atoms with Crippen LogP contribution in [0.25, 0.3) is 0 Å². The Kier molecular flexibility index (Phi) is 11.5. The highest BCUT2D eigenvalue weighted by Gasteiger charge is 2.30. The minimum absolute atomic E-state index is 0.0816. The number of H-pyrrole nitrogens is 1. The number of rotatable bonds is 15. The third-order valence-electron chi connectivity index (χ3n) is 5.50. The van der Waals surface area contributed by atoms with Gasteiger partial charge in [0.15, 0.2) is 0 Å². The van der Waals surface area contributed by atoms with E-state index in [1.54, 1.807) is 24.3 Å². The third-order valence-corrected chi connectivity index (χ3v) is 5.50. The second-order valence-electron chi connectivity index (χ2n) is 8.57. The van der Waals surface area contributed by atoms with E-state index in [0.717, 1.165) is 5.56 Å². The first-order valence-corrected chi connectivity index (χ1v) is 11.8. The molecule has 12 heteroatoms. The number of carbonyl (C=O) groups is 4. The lowest BCUT2D eigenvalue weighted by Crippen LogP contribution is -2.57. The molecule has 0 aliphatic carbocycles. The summed E-state index contributed by atoms with van der Waals surface area (Å²) >= 11 is 0. The molecule has 9 N–H and O–H groups in total. The van der Waals surface area contributed by atoms with E-state index in [-0.39, 0.29) is 19.3 Å². The highest BCUT2D eigenvalue weighted by molar-refractivity contribution is 5.94. The monoisotopic (exact) mass is 501 g/mol. The maximum Gasteiger partial charge on any atom is 0.326 e. The molecule has 2 rings (SSSR count). The van der Waals surface area contributed by atoms with Crippen LogP contribution in [-0.2, 0) is 32.0 Å². The number of carboxylic acids is 1. The summed E-state index contributed by atoms with van der Waals surface area (Å²) < 4.78 is 0. The minimum atomic E-state index is -1.19. The number of aliphatic carboxylic acids is 1. The van der Waals surface area contributed by atoms with Gasteiger partial charge in [0, 0.05) is 24.7 Å². The summed E-state index contributed by atoms with van der Waals surface area (Å²) in [6.45, 7) is 1.89. The first-order chi connectivity index (χ1) is 17.2. The molecule has 0 aliphatic heterocycles. The van der Waals surface area contributed by atoms with Crippen molar-refractivity contribution in [1.29, 1.82) is 0 Å². The van der Waals surface area contributed by atoms with Crippen molar-refractivity contribution in [3.63, 3.8) is 0 Å². The van der Waals surface area contributed by atoms with Crippen molar-refractivity contribution in [3.8, 4) is 0 Å². The first-order valence-electron chi connectivity index (χ1n) is 11.8. The van der Waals surface area contributed by atoms with Crippen LogP contribution in [0, 0.1) is 0 Å². The molecule has 0 aliphatic rings. The van der Waals surface area contributed by atoms with E-state index in [9.17, 15) is 24.3 Å². The zero-order valence-electron chi connectivity index (χ0n) is 20.3. The average Bonchev–Trinajstić information content (AvgIpc) is 3.36. The molecule has 0 saturated heterocycles. The van der Waals surface area contributed by atoms with Gasteiger partial charge in [-0.15, -0.1) is 0 Å². The van der Waals surface area contributed by atoms with Crippen LogP contribution in [0.15, 0.2) is 42.9 Å². The molecule has 1 aromatic heterocycles. The van der Waals surface area contributed by atoms with Crippen LogP contribution in [0.2, 0.25) is 0 Å². The lowest BCUT2D eigenvalue weighted by Gasteiger charge is -2.25. The molecule has 0 radical (unpaired) electrons. The molecule has 0 saturated carbocycles. The highest BCUT2D eigenvalue weighted by Crippen LogP contribution is 2.08. The Balaban J connectivity index is 2.16. The first kappa shape index (κ1) is 28.5. The molecule has 1 aromatic carbocycles. The standard InChI is InChI=1S/C24H35N7O5/c1-15(26)21(32)30-19(12-17-13-27-14-28-17)23(34)29-18(9-5-6-10-25)22(33)31-20(24(35)36)11-16-7-3-2-4-8-16/h2-4,7-8,13-15,18-20H,5-6,9-12,25-26H2,1H3,(H,27,28)(H,29,34)(H,30,32)(H,31,33)(H,35,36). The average molecular weight is 502 g/mol. The smallest absolute Gasteiger partial charge is 0.326 e. The lowest BCUT2D eigenvalue weighted by atomic mass is 10.0. The summed E-state index contributed by atoms with van der Waals surface area (Å²) in [4.78, 5) is 57.1. The number of amides is 3. The largest absolute Gasteiger partial charge is 0.480 e. The lowest BCUT2D eigenvalue weighted by molar-refractivity contribution is -0.142. The molecule has 0 spiro atoms. The number of carbonyl (C=O) groups excluding carboxylic acids is 3. The van der Waals surface area contributed by atoms with Crippen LogP contribution < -0.4 is 27.4 Å². The quantitative estimate of drug-likeness (QED) is 0.154. The highest BCUT2D eigenvalue weighted by atomic mass is 16.4. The normalized spacial score (nSPS) is 14.2. The molecular weight excluding hydrogens is 466 g/mol. The second-order valence-corrected chi connectivity index (χ2v) is 8.57. The van der Waals surface area contributed by atoms with Gasteiger partial charge >= 0.3 is 5.97 Å². The van der Waals surface area contributed by atoms with Gasteiger partial charge in [-0.05, 0) is 38.3 Å². The number of hydrogen-bond acceptors (Lipinski definition) is 7. The predicted molar refractivity (Wildman–Crippen MR) is 132 cm³/mol. The van der Waals surface area contributed by atoms with Crippen molar-refractivity contribution in [2.45, 2.75) is 63.2 Å². The maximum atomic E-state index is 13.2. The molecule has 0 fully saturated rings. The predicted octanol–water partition coefficient (Wildman–Crippen LogP) is -0.790. The number of unbranched alkanes of at least 4 members (excludes halogenated alkanes) is 1. The number of aromatic nitrogens is 2. The van der Waals surface area contributed by atoms with Crippen LogP contribution in [-0.4, -0.2) is 69.5 Å². The van der Waals surface area contributed by atoms with Crippen molar-refractivity contribution in [1.82, 2.24) is 25.9 Å². The molecule has 1 heterocycles. The number of aromatic amines is 1. The Morgan fingerprint density at radius 1 is 0.944 bits per heavy atom. The third kappa shape index (κ3) is 9.47. The Hall–Kier alpha value is -3.77. The van der Waals surface area contributed by atoms with E-state index in [2.05, 4.69) is 25.9 Å². The van der Waals surface area contributed by atoms with E-state index in [1.165, 1.54) is 19.4 Å². The van der Waals surface area contributed by atoms with Gasteiger partial charge in [0.25, 0.3) is 0 Å². The summed E-state index contributed by atoms with van der Waals surface area (Å²) in [6.07, 6.45) is 4.52.